The summed E-state index contributed by atoms with van der Waals surface area (Å²) in [5.41, 5.74) is 0. The van der Waals surface area contributed by atoms with Crippen LogP contribution in [-0.4, -0.2) is 47.1 Å². The third kappa shape index (κ3) is 3.37. The van der Waals surface area contributed by atoms with E-state index in [1.54, 1.807) is 0 Å². The van der Waals surface area contributed by atoms with Gasteiger partial charge in [-0.1, -0.05) is 0 Å². The summed E-state index contributed by atoms with van der Waals surface area (Å²) in [5, 5.41) is 18.9. The summed E-state index contributed by atoms with van der Waals surface area (Å²) in [7, 11) is 0. The molecule has 2 aliphatic carbocycles. The molecule has 1 heterocycles. The Morgan fingerprint density at radius 1 is 1.05 bits per heavy atom. The number of aliphatic hydroxyl groups is 1. The second-order valence-electron chi connectivity index (χ2n) is 6.54. The van der Waals surface area contributed by atoms with Crippen molar-refractivity contribution < 1.29 is 29.3 Å². The fourth-order valence-electron chi connectivity index (χ4n) is 3.65. The smallest absolute Gasteiger partial charge is 0.309 e. The number of aliphatic carboxylic acids is 1. The Balaban J connectivity index is 1.51. The number of esters is 1. The van der Waals surface area contributed by atoms with E-state index in [4.69, 9.17) is 9.47 Å². The number of rotatable bonds is 4. The molecule has 1 aliphatic heterocycles. The molecule has 0 bridgehead atoms. The zero-order valence-electron chi connectivity index (χ0n) is 11.9. The van der Waals surface area contributed by atoms with Crippen LogP contribution in [0.15, 0.2) is 0 Å². The number of aliphatic hydroxyl groups excluding tert-OH is 1. The minimum atomic E-state index is -0.976. The molecule has 118 valence electrons. The molecule has 0 amide bonds. The number of carboxylic acids is 1. The molecule has 6 unspecified atom stereocenters. The van der Waals surface area contributed by atoms with Crippen molar-refractivity contribution in [1.29, 1.82) is 0 Å². The van der Waals surface area contributed by atoms with Crippen molar-refractivity contribution in [3.05, 3.63) is 0 Å². The third-order valence-electron chi connectivity index (χ3n) is 5.02. The van der Waals surface area contributed by atoms with Crippen LogP contribution in [0.4, 0.5) is 0 Å². The number of hydrogen-bond acceptors (Lipinski definition) is 5. The minimum Gasteiger partial charge on any atom is -0.481 e. The van der Waals surface area contributed by atoms with Crippen molar-refractivity contribution in [2.45, 2.75) is 56.8 Å². The van der Waals surface area contributed by atoms with E-state index >= 15 is 0 Å². The van der Waals surface area contributed by atoms with Gasteiger partial charge < -0.3 is 19.7 Å². The summed E-state index contributed by atoms with van der Waals surface area (Å²) in [4.78, 5) is 23.4. The van der Waals surface area contributed by atoms with Gasteiger partial charge in [0.05, 0.1) is 36.8 Å². The van der Waals surface area contributed by atoms with Crippen molar-refractivity contribution in [2.75, 3.05) is 6.61 Å². The topological polar surface area (TPSA) is 96.4 Å². The van der Waals surface area contributed by atoms with E-state index in [9.17, 15) is 19.8 Å². The van der Waals surface area contributed by atoms with Gasteiger partial charge in [0.25, 0.3) is 0 Å². The highest BCUT2D eigenvalue weighted by atomic mass is 16.6. The fourth-order valence-corrected chi connectivity index (χ4v) is 3.65. The molecule has 0 aromatic heterocycles. The standard InChI is InChI=1S/C15H22O6/c16-9-2-3-10(14(17)18)11(6-9)15(19)20-7-8-1-4-12-13(5-8)21-12/h8-13,16H,1-7H2,(H,17,18). The predicted octanol–water partition coefficient (Wildman–Crippen LogP) is 0.959. The fraction of sp³-hybridized carbons (Fsp3) is 0.867. The molecule has 6 heteroatoms. The summed E-state index contributed by atoms with van der Waals surface area (Å²) in [5.74, 6) is -2.59. The van der Waals surface area contributed by atoms with Crippen molar-refractivity contribution >= 4 is 11.9 Å². The van der Waals surface area contributed by atoms with Gasteiger partial charge in [0.1, 0.15) is 0 Å². The lowest BCUT2D eigenvalue weighted by Gasteiger charge is -2.30. The summed E-state index contributed by atoms with van der Waals surface area (Å²) >= 11 is 0. The van der Waals surface area contributed by atoms with Gasteiger partial charge in [-0.05, 0) is 44.4 Å². The van der Waals surface area contributed by atoms with Crippen LogP contribution in [0.25, 0.3) is 0 Å². The summed E-state index contributed by atoms with van der Waals surface area (Å²) < 4.78 is 10.8. The van der Waals surface area contributed by atoms with E-state index < -0.39 is 29.9 Å². The van der Waals surface area contributed by atoms with Crippen LogP contribution in [0.1, 0.15) is 38.5 Å². The van der Waals surface area contributed by atoms with Crippen LogP contribution >= 0.6 is 0 Å². The van der Waals surface area contributed by atoms with Crippen molar-refractivity contribution in [1.82, 2.24) is 0 Å². The Morgan fingerprint density at radius 3 is 2.57 bits per heavy atom. The van der Waals surface area contributed by atoms with Crippen LogP contribution in [0.3, 0.4) is 0 Å². The maximum atomic E-state index is 12.2. The molecule has 3 aliphatic rings. The molecule has 6 atom stereocenters. The quantitative estimate of drug-likeness (QED) is 0.593. The average molecular weight is 298 g/mol. The summed E-state index contributed by atoms with van der Waals surface area (Å²) in [6.07, 6.45) is 4.04. The molecule has 3 fully saturated rings. The number of carboxylic acid groups (broad SMARTS) is 1. The molecule has 2 N–H and O–H groups in total. The number of ether oxygens (including phenoxy) is 2. The summed E-state index contributed by atoms with van der Waals surface area (Å²) in [6, 6.07) is 0. The first kappa shape index (κ1) is 14.8. The Hall–Kier alpha value is -1.14. The second-order valence-corrected chi connectivity index (χ2v) is 6.54. The highest BCUT2D eigenvalue weighted by molar-refractivity contribution is 5.81. The van der Waals surface area contributed by atoms with Gasteiger partial charge in [-0.2, -0.15) is 0 Å². The maximum Gasteiger partial charge on any atom is 0.309 e. The Morgan fingerprint density at radius 2 is 1.86 bits per heavy atom. The number of carbonyl (C=O) groups excluding carboxylic acids is 1. The first-order valence-corrected chi connectivity index (χ1v) is 7.77. The number of hydrogen-bond donors (Lipinski definition) is 2. The van der Waals surface area contributed by atoms with Crippen LogP contribution in [0.5, 0.6) is 0 Å². The molecule has 0 aromatic carbocycles. The molecule has 6 nitrogen and oxygen atoms in total. The van der Waals surface area contributed by atoms with Gasteiger partial charge >= 0.3 is 11.9 Å². The third-order valence-corrected chi connectivity index (χ3v) is 5.02. The van der Waals surface area contributed by atoms with Gasteiger partial charge in [0, 0.05) is 0 Å². The number of carbonyl (C=O) groups is 2. The lowest BCUT2D eigenvalue weighted by Crippen LogP contribution is -2.38. The Labute approximate surface area is 123 Å². The molecule has 0 spiro atoms. The van der Waals surface area contributed by atoms with E-state index in [1.165, 1.54) is 0 Å². The molecular weight excluding hydrogens is 276 g/mol. The van der Waals surface area contributed by atoms with Gasteiger partial charge in [0.15, 0.2) is 0 Å². The van der Waals surface area contributed by atoms with Gasteiger partial charge in [0.2, 0.25) is 0 Å². The Kier molecular flexibility index (Phi) is 4.17. The lowest BCUT2D eigenvalue weighted by atomic mass is 9.78. The van der Waals surface area contributed by atoms with Gasteiger partial charge in [-0.3, -0.25) is 9.59 Å². The van der Waals surface area contributed by atoms with Crippen molar-refractivity contribution in [3.63, 3.8) is 0 Å². The van der Waals surface area contributed by atoms with E-state index in [1.807, 2.05) is 0 Å². The molecule has 3 rings (SSSR count). The zero-order chi connectivity index (χ0) is 15.0. The van der Waals surface area contributed by atoms with Gasteiger partial charge in [-0.15, -0.1) is 0 Å². The second kappa shape index (κ2) is 5.93. The SMILES string of the molecule is O=C(O)C1CCC(O)CC1C(=O)OCC1CCC2OC2C1. The minimum absolute atomic E-state index is 0.189. The number of epoxide rings is 1. The first-order chi connectivity index (χ1) is 10.0. The van der Waals surface area contributed by atoms with Crippen molar-refractivity contribution in [3.8, 4) is 0 Å². The highest BCUT2D eigenvalue weighted by Crippen LogP contribution is 2.39. The Bertz CT molecular complexity index is 422. The average Bonchev–Trinajstić information content (AvgIpc) is 3.22. The molecule has 0 radical (unpaired) electrons. The lowest BCUT2D eigenvalue weighted by molar-refractivity contribution is -0.163. The van der Waals surface area contributed by atoms with E-state index in [0.29, 0.717) is 37.6 Å². The first-order valence-electron chi connectivity index (χ1n) is 7.77. The normalized spacial score (nSPS) is 42.0. The van der Waals surface area contributed by atoms with Gasteiger partial charge in [-0.25, -0.2) is 0 Å². The van der Waals surface area contributed by atoms with E-state index in [2.05, 4.69) is 0 Å². The highest BCUT2D eigenvalue weighted by Gasteiger charge is 2.44. The van der Waals surface area contributed by atoms with Crippen LogP contribution < -0.4 is 0 Å². The number of fused-ring (bicyclic) bond motifs is 1. The zero-order valence-corrected chi connectivity index (χ0v) is 11.9. The predicted molar refractivity (Wildman–Crippen MR) is 71.4 cm³/mol. The van der Waals surface area contributed by atoms with Crippen molar-refractivity contribution in [2.24, 2.45) is 17.8 Å². The monoisotopic (exact) mass is 298 g/mol. The summed E-state index contributed by atoms with van der Waals surface area (Å²) in [6.45, 7) is 0.338. The van der Waals surface area contributed by atoms with E-state index in [-0.39, 0.29) is 6.42 Å². The van der Waals surface area contributed by atoms with Crippen LogP contribution in [-0.2, 0) is 19.1 Å². The largest absolute Gasteiger partial charge is 0.481 e. The molecule has 21 heavy (non-hydrogen) atoms. The van der Waals surface area contributed by atoms with E-state index in [0.717, 1.165) is 19.3 Å². The molecule has 1 saturated heterocycles. The molecule has 2 saturated carbocycles. The molecular formula is C15H22O6. The van der Waals surface area contributed by atoms with Crippen LogP contribution in [0, 0.1) is 17.8 Å². The molecule has 0 aromatic rings. The maximum absolute atomic E-state index is 12.2. The van der Waals surface area contributed by atoms with Crippen LogP contribution in [0.2, 0.25) is 0 Å².